The summed E-state index contributed by atoms with van der Waals surface area (Å²) in [6.45, 7) is 2.17. The van der Waals surface area contributed by atoms with Crippen LogP contribution in [-0.2, 0) is 5.41 Å². The van der Waals surface area contributed by atoms with Crippen molar-refractivity contribution in [1.29, 1.82) is 0 Å². The minimum atomic E-state index is -0.600. The maximum atomic E-state index is 6.56. The van der Waals surface area contributed by atoms with Crippen LogP contribution in [0.5, 0.6) is 0 Å². The third kappa shape index (κ3) is 4.77. The Morgan fingerprint density at radius 1 is 0.510 bits per heavy atom. The molecule has 7 nitrogen and oxygen atoms in total. The van der Waals surface area contributed by atoms with Crippen LogP contribution in [0.2, 0.25) is 0 Å². The quantitative estimate of drug-likeness (QED) is 0.182. The number of para-hydroxylation sites is 2. The number of hydrogen-bond donors (Lipinski definition) is 0. The van der Waals surface area contributed by atoms with Gasteiger partial charge in [0.25, 0.3) is 0 Å². The summed E-state index contributed by atoms with van der Waals surface area (Å²) >= 11 is 0. The molecule has 0 radical (unpaired) electrons. The van der Waals surface area contributed by atoms with E-state index in [4.69, 9.17) is 33.8 Å². The molecule has 4 aromatic heterocycles. The Morgan fingerprint density at radius 2 is 1.04 bits per heavy atom. The number of furan rings is 2. The molecule has 0 saturated heterocycles. The highest BCUT2D eigenvalue weighted by molar-refractivity contribution is 6.06. The molecule has 0 aliphatic heterocycles. The van der Waals surface area contributed by atoms with Crippen molar-refractivity contribution < 1.29 is 8.83 Å². The second-order valence-electron chi connectivity index (χ2n) is 13.1. The van der Waals surface area contributed by atoms with Crippen LogP contribution in [0.1, 0.15) is 30.5 Å². The van der Waals surface area contributed by atoms with E-state index >= 15 is 0 Å². The van der Waals surface area contributed by atoms with Crippen molar-refractivity contribution in [1.82, 2.24) is 24.9 Å². The van der Waals surface area contributed by atoms with Crippen LogP contribution in [0.15, 0.2) is 148 Å². The van der Waals surface area contributed by atoms with Gasteiger partial charge in [0, 0.05) is 38.6 Å². The lowest BCUT2D eigenvalue weighted by atomic mass is 9.77. The molecule has 0 fully saturated rings. The van der Waals surface area contributed by atoms with Gasteiger partial charge in [-0.25, -0.2) is 24.9 Å². The molecule has 1 aliphatic rings. The zero-order valence-corrected chi connectivity index (χ0v) is 27.6. The maximum Gasteiger partial charge on any atom is 0.180 e. The van der Waals surface area contributed by atoms with Crippen LogP contribution in [0.25, 0.3) is 84.5 Å². The van der Waals surface area contributed by atoms with Gasteiger partial charge >= 0.3 is 0 Å². The van der Waals surface area contributed by atoms with Gasteiger partial charge in [0.05, 0.1) is 5.41 Å². The van der Waals surface area contributed by atoms with Crippen LogP contribution in [-0.4, -0.2) is 24.9 Å². The second kappa shape index (κ2) is 11.4. The van der Waals surface area contributed by atoms with Crippen molar-refractivity contribution in [2.45, 2.75) is 18.8 Å². The molecule has 51 heavy (non-hydrogen) atoms. The van der Waals surface area contributed by atoms with E-state index in [2.05, 4.69) is 43.3 Å². The van der Waals surface area contributed by atoms with E-state index < -0.39 is 5.41 Å². The molecule has 0 amide bonds. The minimum Gasteiger partial charge on any atom is -0.459 e. The number of nitrogens with zero attached hydrogens (tertiary/aromatic N) is 5. The standard InChI is InChI=1S/C44H29N5O2/c1-44(26-12-19-32-31-17-8-10-20-34(31)51-39(32)44)43-45-36(38-37(46-43)33-18-9-11-21-35(33)50-38)27-22-24-30(25-23-27)42-48-40(28-13-4-2-5-14-28)47-41(49-42)29-15-6-3-7-16-29/h2-25H,26H2,1H3. The predicted molar refractivity (Wildman–Crippen MR) is 201 cm³/mol. The first-order valence-corrected chi connectivity index (χ1v) is 17.0. The van der Waals surface area contributed by atoms with Gasteiger partial charge < -0.3 is 8.83 Å². The van der Waals surface area contributed by atoms with Crippen LogP contribution in [0, 0.1) is 0 Å². The van der Waals surface area contributed by atoms with Crippen molar-refractivity contribution in [3.05, 3.63) is 157 Å². The second-order valence-corrected chi connectivity index (χ2v) is 13.1. The molecular formula is C44H29N5O2. The van der Waals surface area contributed by atoms with Crippen LogP contribution in [0.4, 0.5) is 0 Å². The zero-order chi connectivity index (χ0) is 33.9. The van der Waals surface area contributed by atoms with Gasteiger partial charge in [-0.3, -0.25) is 0 Å². The number of aromatic nitrogens is 5. The number of benzene rings is 5. The fourth-order valence-corrected chi connectivity index (χ4v) is 7.09. The molecule has 0 spiro atoms. The van der Waals surface area contributed by atoms with Gasteiger partial charge in [0.1, 0.15) is 34.0 Å². The molecule has 1 aliphatic carbocycles. The fraction of sp³-hybridized carbons (Fsp3) is 0.0682. The third-order valence-electron chi connectivity index (χ3n) is 9.77. The first kappa shape index (κ1) is 29.2. The molecular weight excluding hydrogens is 631 g/mol. The van der Waals surface area contributed by atoms with E-state index in [9.17, 15) is 0 Å². The summed E-state index contributed by atoms with van der Waals surface area (Å²) in [5, 5.41) is 2.03. The largest absolute Gasteiger partial charge is 0.459 e. The number of rotatable bonds is 5. The highest BCUT2D eigenvalue weighted by atomic mass is 16.3. The van der Waals surface area contributed by atoms with Crippen LogP contribution >= 0.6 is 0 Å². The van der Waals surface area contributed by atoms with Crippen molar-refractivity contribution in [2.24, 2.45) is 0 Å². The van der Waals surface area contributed by atoms with Gasteiger partial charge in [-0.05, 0) is 31.5 Å². The van der Waals surface area contributed by atoms with Crippen molar-refractivity contribution >= 4 is 39.1 Å². The zero-order valence-electron chi connectivity index (χ0n) is 27.6. The number of allylic oxidation sites excluding steroid dienone is 1. The SMILES string of the molecule is CC1(c2nc(-c3ccc(-c4nc(-c5ccccc5)nc(-c5ccccc5)n4)cc3)c3oc4ccccc4c3n2)CC=Cc2c1oc1ccccc21. The Labute approximate surface area is 293 Å². The average molecular weight is 660 g/mol. The molecule has 0 saturated carbocycles. The van der Waals surface area contributed by atoms with Crippen LogP contribution < -0.4 is 0 Å². The maximum absolute atomic E-state index is 6.56. The van der Waals surface area contributed by atoms with Crippen molar-refractivity contribution in [2.75, 3.05) is 0 Å². The summed E-state index contributed by atoms with van der Waals surface area (Å²) in [5.41, 5.74) is 7.85. The van der Waals surface area contributed by atoms with E-state index in [1.807, 2.05) is 109 Å². The van der Waals surface area contributed by atoms with Gasteiger partial charge in [0.15, 0.2) is 23.1 Å². The number of hydrogen-bond acceptors (Lipinski definition) is 7. The predicted octanol–water partition coefficient (Wildman–Crippen LogP) is 10.7. The molecule has 9 aromatic rings. The summed E-state index contributed by atoms with van der Waals surface area (Å²) in [7, 11) is 0. The van der Waals surface area contributed by atoms with Gasteiger partial charge in [-0.2, -0.15) is 0 Å². The topological polar surface area (TPSA) is 90.7 Å². The molecule has 1 atom stereocenters. The van der Waals surface area contributed by atoms with Crippen molar-refractivity contribution in [3.8, 4) is 45.4 Å². The molecule has 0 bridgehead atoms. The lowest BCUT2D eigenvalue weighted by Crippen LogP contribution is -2.28. The lowest BCUT2D eigenvalue weighted by molar-refractivity contribution is 0.409. The molecule has 10 rings (SSSR count). The third-order valence-corrected chi connectivity index (χ3v) is 9.77. The minimum absolute atomic E-state index is 0.588. The Hall–Kier alpha value is -6.73. The first-order valence-electron chi connectivity index (χ1n) is 17.0. The molecule has 1 unspecified atom stereocenters. The van der Waals surface area contributed by atoms with E-state index in [-0.39, 0.29) is 0 Å². The van der Waals surface area contributed by atoms with Gasteiger partial charge in [0.2, 0.25) is 0 Å². The van der Waals surface area contributed by atoms with E-state index in [0.717, 1.165) is 66.7 Å². The van der Waals surface area contributed by atoms with E-state index in [1.165, 1.54) is 0 Å². The lowest BCUT2D eigenvalue weighted by Gasteiger charge is -2.28. The van der Waals surface area contributed by atoms with E-state index in [1.54, 1.807) is 0 Å². The normalized spacial score (nSPS) is 15.5. The summed E-state index contributed by atoms with van der Waals surface area (Å²) in [6.07, 6.45) is 5.05. The van der Waals surface area contributed by atoms with Crippen LogP contribution in [0.3, 0.4) is 0 Å². The fourth-order valence-electron chi connectivity index (χ4n) is 7.09. The van der Waals surface area contributed by atoms with Gasteiger partial charge in [-0.1, -0.05) is 127 Å². The monoisotopic (exact) mass is 659 g/mol. The smallest absolute Gasteiger partial charge is 0.180 e. The van der Waals surface area contributed by atoms with Crippen molar-refractivity contribution in [3.63, 3.8) is 0 Å². The average Bonchev–Trinajstić information content (AvgIpc) is 3.78. The Balaban J connectivity index is 1.13. The Bertz CT molecular complexity index is 2730. The highest BCUT2D eigenvalue weighted by Gasteiger charge is 2.40. The summed E-state index contributed by atoms with van der Waals surface area (Å²) < 4.78 is 13.0. The summed E-state index contributed by atoms with van der Waals surface area (Å²) in [6, 6.07) is 44.3. The molecule has 4 heterocycles. The summed E-state index contributed by atoms with van der Waals surface area (Å²) in [5.74, 6) is 3.38. The molecule has 242 valence electrons. The number of fused-ring (bicyclic) bond motifs is 6. The molecule has 7 heteroatoms. The van der Waals surface area contributed by atoms with E-state index in [0.29, 0.717) is 35.3 Å². The Morgan fingerprint density at radius 3 is 1.69 bits per heavy atom. The molecule has 5 aromatic carbocycles. The summed E-state index contributed by atoms with van der Waals surface area (Å²) in [4.78, 5) is 25.2. The Kier molecular flexibility index (Phi) is 6.54. The first-order chi connectivity index (χ1) is 25.1. The molecule has 0 N–H and O–H groups in total. The highest BCUT2D eigenvalue weighted by Crippen LogP contribution is 2.46. The van der Waals surface area contributed by atoms with Gasteiger partial charge in [-0.15, -0.1) is 0 Å².